The summed E-state index contributed by atoms with van der Waals surface area (Å²) < 4.78 is 28.6. The number of aliphatic hydroxyl groups excluding tert-OH is 1. The van der Waals surface area contributed by atoms with Gasteiger partial charge in [0.05, 0.1) is 103 Å². The van der Waals surface area contributed by atoms with Crippen LogP contribution in [0, 0.1) is 41.4 Å². The highest BCUT2D eigenvalue weighted by molar-refractivity contribution is 6.00. The number of methoxy groups -OCH3 is 3. The van der Waals surface area contributed by atoms with Gasteiger partial charge >= 0.3 is 47.8 Å². The fourth-order valence-electron chi connectivity index (χ4n) is 12.5. The first-order valence-electron chi connectivity index (χ1n) is 47.5. The first-order valence-corrected chi connectivity index (χ1v) is 47.5. The number of nitrogens with two attached hydrogens (primary N) is 1. The fraction of sp³-hybridized carbons (Fsp3) is 0.825. The molecule has 774 valence electrons. The van der Waals surface area contributed by atoms with Crippen LogP contribution in [0.1, 0.15) is 326 Å². The van der Waals surface area contributed by atoms with Gasteiger partial charge in [-0.15, -0.1) is 0 Å². The molecule has 35 nitrogen and oxygen atoms in total. The maximum Gasteiger partial charge on any atom is 0.331 e. The van der Waals surface area contributed by atoms with Gasteiger partial charge in [-0.1, -0.05) is 152 Å². The molecule has 0 aromatic rings. The van der Waals surface area contributed by atoms with E-state index in [9.17, 15) is 81.5 Å². The molecule has 1 aliphatic rings. The van der Waals surface area contributed by atoms with Crippen molar-refractivity contribution in [3.8, 4) is 0 Å². The summed E-state index contributed by atoms with van der Waals surface area (Å²) in [5, 5.41) is 42.3. The Morgan fingerprint density at radius 1 is 0.371 bits per heavy atom. The van der Waals surface area contributed by atoms with Crippen LogP contribution in [0.25, 0.3) is 0 Å². The maximum atomic E-state index is 13.0. The van der Waals surface area contributed by atoms with Crippen molar-refractivity contribution in [1.82, 2.24) is 41.7 Å². The van der Waals surface area contributed by atoms with Crippen molar-refractivity contribution in [2.24, 2.45) is 47.2 Å². The average Bonchev–Trinajstić information content (AvgIpc) is 0.829. The number of esters is 6. The monoisotopic (exact) mass is 1890 g/mol. The number of carbonyl (C=O) groups excluding carboxylic acids is 15. The third kappa shape index (κ3) is 81.6. The minimum absolute atomic E-state index is 0.00343. The molecule has 0 unspecified atom stereocenters. The minimum atomic E-state index is -0.919. The number of likely N-dealkylation sites (N-methyl/N-ethyl adjacent to an activating group) is 6. The van der Waals surface area contributed by atoms with Crippen molar-refractivity contribution in [2.45, 2.75) is 393 Å². The second-order valence-corrected chi connectivity index (χ2v) is 35.5. The number of aliphatic hydroxyl groups is 1. The van der Waals surface area contributed by atoms with Gasteiger partial charge in [-0.2, -0.15) is 0 Å². The number of nitrogens with zero attached hydrogens (tertiary/aromatic N) is 2. The number of ketones is 7. The molecule has 0 aromatic heterocycles. The SMILES string of the molecule is CCC(=O)OC.CCC(CC)OC(=O)CCC(=O)[C@@H](CC(C)C)NC.CCC(CC)OC(=O)CCC(=O)[C@@H](CC(C)C)NC(=O)[C@H](CC)N1CCN(C)CC1=O.CCC(CC)OC(=O)CCC(=O)[C@H](N)CC(C)C.CN[C@H](CC(C)C)C(=O)CC(C)=O.CN[C@H](CC(C)C)C(=O)CCC(=O)O.CN[C@H](CC(C)C)C(=O)CCC(=O)OC.CN[C@H](CC(C)C)C(=O)O.COC(=O)CO. The van der Waals surface area contributed by atoms with Gasteiger partial charge in [0, 0.05) is 51.6 Å². The van der Waals surface area contributed by atoms with Gasteiger partial charge in [0.25, 0.3) is 0 Å². The lowest BCUT2D eigenvalue weighted by molar-refractivity contribution is -0.151. The number of carbonyl (C=O) groups is 17. The van der Waals surface area contributed by atoms with Crippen LogP contribution in [-0.4, -0.2) is 282 Å². The van der Waals surface area contributed by atoms with Gasteiger partial charge in [0.2, 0.25) is 11.8 Å². The molecule has 1 rings (SSSR count). The number of amides is 2. The molecular weight excluding hydrogens is 1710 g/mol. The fourth-order valence-corrected chi connectivity index (χ4v) is 12.5. The van der Waals surface area contributed by atoms with E-state index in [-0.39, 0.29) is 214 Å². The van der Waals surface area contributed by atoms with E-state index in [4.69, 9.17) is 35.3 Å². The van der Waals surface area contributed by atoms with Crippen LogP contribution in [0.5, 0.6) is 0 Å². The summed E-state index contributed by atoms with van der Waals surface area (Å²) in [5.74, 6) is -1.40. The summed E-state index contributed by atoms with van der Waals surface area (Å²) in [6.45, 7) is 46.4. The molecule has 35 heteroatoms. The predicted octanol–water partition coefficient (Wildman–Crippen LogP) is 11.1. The molecular formula is C97H185N9O26. The number of nitrogens with one attached hydrogen (secondary N) is 6. The lowest BCUT2D eigenvalue weighted by atomic mass is 9.97. The molecule has 1 heterocycles. The van der Waals surface area contributed by atoms with Crippen LogP contribution < -0.4 is 37.6 Å². The molecule has 0 saturated carbocycles. The van der Waals surface area contributed by atoms with Crippen LogP contribution in [0.2, 0.25) is 0 Å². The lowest BCUT2D eigenvalue weighted by Gasteiger charge is -2.37. The molecule has 132 heavy (non-hydrogen) atoms. The molecule has 0 bridgehead atoms. The molecule has 8 atom stereocenters. The number of ether oxygens (including phenoxy) is 6. The number of carboxylic acids is 2. The highest BCUT2D eigenvalue weighted by Crippen LogP contribution is 2.18. The van der Waals surface area contributed by atoms with E-state index in [1.807, 2.05) is 116 Å². The van der Waals surface area contributed by atoms with Crippen molar-refractivity contribution in [1.29, 1.82) is 0 Å². The zero-order valence-corrected chi connectivity index (χ0v) is 87.3. The number of carboxylic acid groups (broad SMARTS) is 2. The van der Waals surface area contributed by atoms with Gasteiger partial charge in [-0.3, -0.25) is 81.6 Å². The summed E-state index contributed by atoms with van der Waals surface area (Å²) in [6, 6.07) is -2.77. The van der Waals surface area contributed by atoms with Gasteiger partial charge in [-0.25, -0.2) is 4.79 Å². The van der Waals surface area contributed by atoms with E-state index in [1.165, 1.54) is 28.3 Å². The Labute approximate surface area is 793 Å². The highest BCUT2D eigenvalue weighted by atomic mass is 16.6. The second kappa shape index (κ2) is 87.1. The van der Waals surface area contributed by atoms with Crippen LogP contribution in [0.4, 0.5) is 0 Å². The zero-order valence-electron chi connectivity index (χ0n) is 87.3. The van der Waals surface area contributed by atoms with Crippen molar-refractivity contribution >= 4 is 100 Å². The largest absolute Gasteiger partial charge is 0.481 e. The van der Waals surface area contributed by atoms with E-state index < -0.39 is 42.6 Å². The molecule has 1 fully saturated rings. The first-order chi connectivity index (χ1) is 61.6. The molecule has 1 aliphatic heterocycles. The Balaban J connectivity index is -0.000000227. The number of aliphatic carboxylic acids is 2. The van der Waals surface area contributed by atoms with Gasteiger partial charge < -0.3 is 86.3 Å². The van der Waals surface area contributed by atoms with Crippen LogP contribution in [0.3, 0.4) is 0 Å². The number of Topliss-reactive ketones (excluding diaryl/α,β-unsaturated/α-hetero) is 7. The second-order valence-electron chi connectivity index (χ2n) is 35.5. The van der Waals surface area contributed by atoms with Gasteiger partial charge in [-0.05, 0) is 181 Å². The Kier molecular flexibility index (Phi) is 92.1. The standard InChI is InChI=1S/C23H41N3O5.C15H29NO3.C14H27NO3.C11H21NO3.C10H19NO3.C10H19NO2.C7H15NO2.C4H8O2.C3H6O3/c1-7-17(8-2)31-22(29)11-10-20(27)18(14-16(4)5)24-23(30)19(9-3)26-13-12-25(6)15-21(26)28;1-6-12(7-2)19-15(18)9-8-14(17)13(16-5)10-11(3)4;1-5-11(6-2)18-14(17)8-7-13(16)12(15)9-10(3)4;1-8(2)7-9(12-3)10(13)5-6-11(14)15-4;1-7(2)6-8(11-3)9(12)4-5-10(13)14;1-7(2)5-9(11-4)10(13)6-8(3)12;1-5(2)4-6(8-3)7(9)10;1-3-4(5)6-2;1-6-3(5)2-4/h16-19H,7-15H2,1-6H3,(H,24,30);11-13,16H,6-10H2,1-5H3;10-12H,5-9,15H2,1-4H3;8-9,12H,5-7H2,1-4H3;7-8,11H,4-6H2,1-3H3,(H,13,14);7,9,11H,5-6H2,1-4H3;5-6,8H,4H2,1-3H3,(H,9,10);3H2,1-2H3;4H,2H2,1H3/t18-,19+;13-;12-;9-;8-;9-;6-;;/m1111111../s1. The van der Waals surface area contributed by atoms with Crippen LogP contribution >= 0.6 is 0 Å². The average molecular weight is 1890 g/mol. The number of hydrogen-bond acceptors (Lipinski definition) is 31. The van der Waals surface area contributed by atoms with E-state index in [2.05, 4.69) is 87.7 Å². The lowest BCUT2D eigenvalue weighted by Crippen LogP contribution is -2.58. The Morgan fingerprint density at radius 3 is 0.894 bits per heavy atom. The minimum Gasteiger partial charge on any atom is -0.481 e. The number of piperazine rings is 1. The zero-order chi connectivity index (χ0) is 104. The van der Waals surface area contributed by atoms with E-state index in [0.29, 0.717) is 80.7 Å². The number of hydrogen-bond donors (Lipinski definition) is 10. The van der Waals surface area contributed by atoms with Gasteiger partial charge in [0.15, 0.2) is 11.6 Å². The highest BCUT2D eigenvalue weighted by Gasteiger charge is 2.35. The summed E-state index contributed by atoms with van der Waals surface area (Å²) >= 11 is 0. The summed E-state index contributed by atoms with van der Waals surface area (Å²) in [6.07, 6.45) is 11.9. The topological polar surface area (TPSA) is 511 Å². The quantitative estimate of drug-likeness (QED) is 0.0154. The summed E-state index contributed by atoms with van der Waals surface area (Å²) in [5.41, 5.74) is 5.76. The maximum absolute atomic E-state index is 13.0. The summed E-state index contributed by atoms with van der Waals surface area (Å²) in [4.78, 5) is 197. The normalized spacial score (nSPS) is 13.4. The summed E-state index contributed by atoms with van der Waals surface area (Å²) in [7, 11) is 14.5. The predicted molar refractivity (Wildman–Crippen MR) is 515 cm³/mol. The van der Waals surface area contributed by atoms with Crippen molar-refractivity contribution < 1.29 is 125 Å². The molecule has 0 spiro atoms. The molecule has 2 amide bonds. The van der Waals surface area contributed by atoms with E-state index in [0.717, 1.165) is 64.2 Å². The third-order valence-electron chi connectivity index (χ3n) is 20.2. The molecule has 0 radical (unpaired) electrons. The van der Waals surface area contributed by atoms with Crippen molar-refractivity contribution in [3.63, 3.8) is 0 Å². The molecule has 0 aromatic carbocycles. The third-order valence-corrected chi connectivity index (χ3v) is 20.2. The smallest absolute Gasteiger partial charge is 0.331 e. The Hall–Kier alpha value is -7.93. The first kappa shape index (κ1) is 139. The molecule has 1 saturated heterocycles. The van der Waals surface area contributed by atoms with Crippen molar-refractivity contribution in [2.75, 3.05) is 89.9 Å². The van der Waals surface area contributed by atoms with E-state index in [1.54, 1.807) is 47.1 Å². The van der Waals surface area contributed by atoms with E-state index >= 15 is 0 Å². The Bertz CT molecular complexity index is 3150. The number of rotatable bonds is 58. The van der Waals surface area contributed by atoms with Gasteiger partial charge in [0.1, 0.15) is 65.9 Å². The molecule has 11 N–H and O–H groups in total. The molecule has 0 aliphatic carbocycles. The van der Waals surface area contributed by atoms with Crippen LogP contribution in [-0.2, 0) is 110 Å². The van der Waals surface area contributed by atoms with Crippen LogP contribution in [0.15, 0.2) is 0 Å². The van der Waals surface area contributed by atoms with Crippen molar-refractivity contribution in [3.05, 3.63) is 0 Å². The Morgan fingerprint density at radius 2 is 0.659 bits per heavy atom.